The van der Waals surface area contributed by atoms with Gasteiger partial charge in [-0.1, -0.05) is 79.1 Å². The number of hydrogen-bond donors (Lipinski definition) is 0. The van der Waals surface area contributed by atoms with Crippen molar-refractivity contribution in [3.05, 3.63) is 93.2 Å². The predicted octanol–water partition coefficient (Wildman–Crippen LogP) is 4.90. The topological polar surface area (TPSA) is 0 Å². The van der Waals surface area contributed by atoms with Crippen LogP contribution in [0.5, 0.6) is 0 Å². The van der Waals surface area contributed by atoms with E-state index in [1.807, 2.05) is 0 Å². The monoisotopic (exact) mass is 794 g/mol. The van der Waals surface area contributed by atoms with Gasteiger partial charge >= 0.3 is 83.7 Å². The summed E-state index contributed by atoms with van der Waals surface area (Å²) >= 11 is 3.48. The molecule has 0 aromatic heterocycles. The van der Waals surface area contributed by atoms with E-state index in [4.69, 9.17) is 0 Å². The van der Waals surface area contributed by atoms with Crippen molar-refractivity contribution < 1.29 is 71.5 Å². The number of hydrogen-bond acceptors (Lipinski definition) is 0. The SMILES string of the molecule is CC1=[C-]C(C)C=C1C.CC1=[C-]C(C)C=C1C.CC1=[C-]C(C)C=C1C.CC1=[C-]C(C)C=C1C.C[Si](C)=[Zr+2].C[Si](C)=[Zr+2].[Cl-].[Cl-]. The van der Waals surface area contributed by atoms with Crippen LogP contribution < -0.4 is 24.8 Å². The van der Waals surface area contributed by atoms with Gasteiger partial charge in [0.15, 0.2) is 0 Å². The van der Waals surface area contributed by atoms with Crippen LogP contribution in [0.3, 0.4) is 0 Å². The maximum atomic E-state index is 3.29. The zero-order valence-corrected chi connectivity index (χ0v) is 37.8. The Hall–Kier alpha value is 0.700. The van der Waals surface area contributed by atoms with Crippen molar-refractivity contribution in [1.82, 2.24) is 0 Å². The molecule has 0 saturated carbocycles. The molecule has 0 spiro atoms. The summed E-state index contributed by atoms with van der Waals surface area (Å²) in [6.07, 6.45) is 22.1. The van der Waals surface area contributed by atoms with E-state index in [1.165, 1.54) is 44.6 Å². The first kappa shape index (κ1) is 49.6. The Bertz CT molecular complexity index is 871. The van der Waals surface area contributed by atoms with Gasteiger partial charge in [0, 0.05) is 0 Å². The molecule has 0 fully saturated rings. The Labute approximate surface area is 305 Å². The van der Waals surface area contributed by atoms with Crippen LogP contribution in [-0.4, -0.2) is 10.9 Å². The number of allylic oxidation sites excluding steroid dienone is 16. The van der Waals surface area contributed by atoms with Crippen molar-refractivity contribution in [3.63, 3.8) is 0 Å². The molecule has 0 aliphatic heterocycles. The molecule has 0 aromatic rings. The van der Waals surface area contributed by atoms with Gasteiger partial charge in [-0.25, -0.2) is 44.6 Å². The van der Waals surface area contributed by atoms with Gasteiger partial charge in [-0.2, -0.15) is 24.3 Å². The molecular weight excluding hydrogens is 742 g/mol. The van der Waals surface area contributed by atoms with E-state index in [1.54, 1.807) is 46.7 Å². The van der Waals surface area contributed by atoms with Gasteiger partial charge < -0.3 is 24.8 Å². The van der Waals surface area contributed by atoms with E-state index in [-0.39, 0.29) is 35.7 Å². The molecule has 232 valence electrons. The molecule has 0 N–H and O–H groups in total. The Morgan fingerprint density at radius 1 is 0.429 bits per heavy atom. The van der Waals surface area contributed by atoms with E-state index < -0.39 is 0 Å². The standard InChI is InChI=1S/4C8H11.2C2H6Si.2ClH.2Zr/c4*1-6-4-7(2)8(3)5-6;2*1-3-2;;;;/h4*4,6H,1-3H3;2*1-2H3;2*1H;;/q4*-1;;;;;2*+2/p-2. The smallest absolute Gasteiger partial charge is 1.00 e. The Balaban J connectivity index is -0.000000209. The van der Waals surface area contributed by atoms with Crippen LogP contribution >= 0.6 is 0 Å². The van der Waals surface area contributed by atoms with E-state index in [0.29, 0.717) is 23.7 Å². The quantitative estimate of drug-likeness (QED) is 0.242. The molecule has 0 heterocycles. The van der Waals surface area contributed by atoms with Crippen LogP contribution in [-0.2, 0) is 46.7 Å². The Kier molecular flexibility index (Phi) is 31.7. The van der Waals surface area contributed by atoms with E-state index in [2.05, 4.69) is 158 Å². The number of halogens is 2. The van der Waals surface area contributed by atoms with Crippen LogP contribution in [0.1, 0.15) is 83.1 Å². The minimum atomic E-state index is 0. The van der Waals surface area contributed by atoms with Crippen molar-refractivity contribution in [3.8, 4) is 0 Å². The third-order valence-corrected chi connectivity index (χ3v) is 6.14. The third kappa shape index (κ3) is 27.0. The summed E-state index contributed by atoms with van der Waals surface area (Å²) in [5.74, 6) is 2.20. The fourth-order valence-electron chi connectivity index (χ4n) is 3.99. The molecule has 4 aliphatic rings. The molecule has 0 saturated heterocycles. The van der Waals surface area contributed by atoms with Crippen molar-refractivity contribution in [2.24, 2.45) is 23.7 Å². The summed E-state index contributed by atoms with van der Waals surface area (Å²) in [5, 5.41) is 0. The van der Waals surface area contributed by atoms with Gasteiger partial charge in [0.1, 0.15) is 0 Å². The molecule has 6 heteroatoms. The zero-order valence-electron chi connectivity index (χ0n) is 29.4. The molecule has 4 unspecified atom stereocenters. The summed E-state index contributed by atoms with van der Waals surface area (Å²) in [6, 6.07) is 0. The maximum Gasteiger partial charge on any atom is -1.00 e. The van der Waals surface area contributed by atoms with Crippen LogP contribution in [0.2, 0.25) is 26.2 Å². The predicted molar refractivity (Wildman–Crippen MR) is 176 cm³/mol. The van der Waals surface area contributed by atoms with E-state index in [9.17, 15) is 0 Å². The third-order valence-electron chi connectivity index (χ3n) is 6.14. The van der Waals surface area contributed by atoms with E-state index >= 15 is 0 Å². The largest absolute Gasteiger partial charge is 1.00 e. The molecule has 0 amide bonds. The molecule has 0 radical (unpaired) electrons. The number of rotatable bonds is 0. The van der Waals surface area contributed by atoms with Crippen LogP contribution in [0.15, 0.2) is 68.9 Å². The minimum Gasteiger partial charge on any atom is -1.00 e. The second-order valence-corrected chi connectivity index (χ2v) is 30.4. The summed E-state index contributed by atoms with van der Waals surface area (Å²) in [7, 11) is 0. The minimum absolute atomic E-state index is 0. The van der Waals surface area contributed by atoms with Gasteiger partial charge in [0.2, 0.25) is 0 Å². The van der Waals surface area contributed by atoms with Crippen molar-refractivity contribution >= 4 is 10.9 Å². The Morgan fingerprint density at radius 3 is 0.571 bits per heavy atom. The first-order valence-corrected chi connectivity index (χ1v) is 26.8. The molecule has 4 rings (SSSR count). The average molecular weight is 798 g/mol. The second-order valence-electron chi connectivity index (χ2n) is 11.6. The molecule has 42 heavy (non-hydrogen) atoms. The Morgan fingerprint density at radius 2 is 0.548 bits per heavy atom. The first-order chi connectivity index (χ1) is 18.3. The van der Waals surface area contributed by atoms with Gasteiger partial charge in [-0.15, -0.1) is 27.7 Å². The van der Waals surface area contributed by atoms with Gasteiger partial charge in [-0.05, 0) is 0 Å². The summed E-state index contributed by atoms with van der Waals surface area (Å²) in [4.78, 5) is 0. The second kappa shape index (κ2) is 26.9. The van der Waals surface area contributed by atoms with Crippen molar-refractivity contribution in [2.75, 3.05) is 0 Å². The van der Waals surface area contributed by atoms with Crippen LogP contribution in [0.25, 0.3) is 0 Å². The molecule has 0 aromatic carbocycles. The fourth-order valence-corrected chi connectivity index (χ4v) is 3.99. The maximum absolute atomic E-state index is 3.29. The van der Waals surface area contributed by atoms with Crippen molar-refractivity contribution in [1.29, 1.82) is 0 Å². The summed E-state index contributed by atoms with van der Waals surface area (Å²) < 4.78 is 0. The van der Waals surface area contributed by atoms with Crippen molar-refractivity contribution in [2.45, 2.75) is 109 Å². The normalized spacial score (nSPS) is 22.4. The fraction of sp³-hybridized carbons (Fsp3) is 0.556. The summed E-state index contributed by atoms with van der Waals surface area (Å²) in [6.45, 7) is 34.8. The van der Waals surface area contributed by atoms with Crippen LogP contribution in [0.4, 0.5) is 0 Å². The first-order valence-electron chi connectivity index (χ1n) is 14.5. The molecular formula is C36H56Cl2Si2Zr2-2. The van der Waals surface area contributed by atoms with Gasteiger partial charge in [0.25, 0.3) is 0 Å². The molecule has 4 aliphatic carbocycles. The van der Waals surface area contributed by atoms with Gasteiger partial charge in [-0.3, -0.25) is 24.3 Å². The summed E-state index contributed by atoms with van der Waals surface area (Å²) in [5.41, 5.74) is 11.2. The van der Waals surface area contributed by atoms with Crippen LogP contribution in [0, 0.1) is 48.0 Å². The average Bonchev–Trinajstić information content (AvgIpc) is 3.44. The van der Waals surface area contributed by atoms with E-state index in [0.717, 1.165) is 0 Å². The zero-order chi connectivity index (χ0) is 31.7. The molecule has 4 atom stereocenters. The molecule has 0 nitrogen and oxygen atoms in total. The van der Waals surface area contributed by atoms with Gasteiger partial charge in [0.05, 0.1) is 0 Å². The molecule has 0 bridgehead atoms.